The fraction of sp³-hybridized carbons (Fsp3) is 0.214. The zero-order valence-electron chi connectivity index (χ0n) is 10.7. The second-order valence-corrected chi connectivity index (χ2v) is 5.91. The van der Waals surface area contributed by atoms with E-state index in [1.807, 2.05) is 4.40 Å². The number of imidazole rings is 1. The van der Waals surface area contributed by atoms with Crippen LogP contribution in [0.5, 0.6) is 0 Å². The standard InChI is InChI=1S/C14H15N3S/c1-8-6-9(2)17-12(7-8)16-13(14(17)15)11-5-4-10(3)18-11/h4-7H,15H2,1-3H3. The molecule has 0 bridgehead atoms. The third kappa shape index (κ3) is 1.61. The Morgan fingerprint density at radius 3 is 2.61 bits per heavy atom. The molecule has 0 spiro atoms. The number of aromatic nitrogens is 2. The molecule has 18 heavy (non-hydrogen) atoms. The number of nitrogen functional groups attached to an aromatic ring is 1. The molecule has 0 saturated carbocycles. The van der Waals surface area contributed by atoms with Gasteiger partial charge in [0.1, 0.15) is 17.2 Å². The number of hydrogen-bond donors (Lipinski definition) is 1. The van der Waals surface area contributed by atoms with Gasteiger partial charge in [0, 0.05) is 10.6 Å². The summed E-state index contributed by atoms with van der Waals surface area (Å²) in [6.07, 6.45) is 0. The maximum atomic E-state index is 6.24. The predicted molar refractivity (Wildman–Crippen MR) is 77.1 cm³/mol. The third-order valence-electron chi connectivity index (χ3n) is 3.06. The minimum atomic E-state index is 0.726. The van der Waals surface area contributed by atoms with E-state index in [0.717, 1.165) is 27.7 Å². The number of nitrogens with two attached hydrogens (primary N) is 1. The Balaban J connectivity index is 2.32. The van der Waals surface area contributed by atoms with Crippen LogP contribution >= 0.6 is 11.3 Å². The molecule has 0 aliphatic heterocycles. The number of hydrogen-bond acceptors (Lipinski definition) is 3. The van der Waals surface area contributed by atoms with Gasteiger partial charge in [-0.25, -0.2) is 4.98 Å². The first-order valence-electron chi connectivity index (χ1n) is 5.88. The lowest BCUT2D eigenvalue weighted by atomic mass is 10.2. The van der Waals surface area contributed by atoms with Gasteiger partial charge in [0.25, 0.3) is 0 Å². The van der Waals surface area contributed by atoms with Crippen LogP contribution in [0, 0.1) is 20.8 Å². The van der Waals surface area contributed by atoms with Crippen LogP contribution in [0.4, 0.5) is 5.82 Å². The summed E-state index contributed by atoms with van der Waals surface area (Å²) in [5, 5.41) is 0. The summed E-state index contributed by atoms with van der Waals surface area (Å²) in [5.41, 5.74) is 10.4. The highest BCUT2D eigenvalue weighted by atomic mass is 32.1. The molecule has 3 aromatic heterocycles. The molecular formula is C14H15N3S. The Labute approximate surface area is 110 Å². The number of nitrogens with zero attached hydrogens (tertiary/aromatic N) is 2. The van der Waals surface area contributed by atoms with E-state index in [9.17, 15) is 0 Å². The van der Waals surface area contributed by atoms with Gasteiger partial charge in [0.05, 0.1) is 4.88 Å². The molecule has 0 amide bonds. The van der Waals surface area contributed by atoms with Crippen molar-refractivity contribution in [2.75, 3.05) is 5.73 Å². The molecule has 3 rings (SSSR count). The molecule has 0 atom stereocenters. The Morgan fingerprint density at radius 1 is 1.17 bits per heavy atom. The zero-order chi connectivity index (χ0) is 12.9. The molecular weight excluding hydrogens is 242 g/mol. The molecule has 3 heterocycles. The number of fused-ring (bicyclic) bond motifs is 1. The van der Waals surface area contributed by atoms with Gasteiger partial charge < -0.3 is 5.73 Å². The van der Waals surface area contributed by atoms with Crippen LogP contribution in [0.3, 0.4) is 0 Å². The highest BCUT2D eigenvalue weighted by Crippen LogP contribution is 2.32. The van der Waals surface area contributed by atoms with E-state index in [-0.39, 0.29) is 0 Å². The van der Waals surface area contributed by atoms with Crippen LogP contribution < -0.4 is 5.73 Å². The summed E-state index contributed by atoms with van der Waals surface area (Å²) in [5.74, 6) is 0.726. The van der Waals surface area contributed by atoms with Crippen LogP contribution in [0.25, 0.3) is 16.2 Å². The average Bonchev–Trinajstić information content (AvgIpc) is 2.83. The largest absolute Gasteiger partial charge is 0.383 e. The summed E-state index contributed by atoms with van der Waals surface area (Å²) in [7, 11) is 0. The molecule has 0 fully saturated rings. The summed E-state index contributed by atoms with van der Waals surface area (Å²) in [4.78, 5) is 7.07. The van der Waals surface area contributed by atoms with Crippen molar-refractivity contribution in [2.45, 2.75) is 20.8 Å². The lowest BCUT2D eigenvalue weighted by Gasteiger charge is -2.03. The monoisotopic (exact) mass is 257 g/mol. The fourth-order valence-corrected chi connectivity index (χ4v) is 3.17. The molecule has 0 aliphatic carbocycles. The van der Waals surface area contributed by atoms with Gasteiger partial charge in [0.2, 0.25) is 0 Å². The first-order valence-corrected chi connectivity index (χ1v) is 6.70. The van der Waals surface area contributed by atoms with Gasteiger partial charge in [-0.1, -0.05) is 0 Å². The number of anilines is 1. The molecule has 3 nitrogen and oxygen atoms in total. The van der Waals surface area contributed by atoms with Gasteiger partial charge in [-0.2, -0.15) is 0 Å². The van der Waals surface area contributed by atoms with Crippen molar-refractivity contribution in [3.05, 3.63) is 40.4 Å². The van der Waals surface area contributed by atoms with Gasteiger partial charge in [-0.05, 0) is 50.6 Å². The molecule has 2 N–H and O–H groups in total. The Morgan fingerprint density at radius 2 is 1.94 bits per heavy atom. The lowest BCUT2D eigenvalue weighted by Crippen LogP contribution is -1.98. The number of rotatable bonds is 1. The first kappa shape index (κ1) is 11.3. The SMILES string of the molecule is Cc1cc(C)n2c(N)c(-c3ccc(C)s3)nc2c1. The smallest absolute Gasteiger partial charge is 0.139 e. The third-order valence-corrected chi connectivity index (χ3v) is 4.07. The maximum absolute atomic E-state index is 6.24. The molecule has 0 unspecified atom stereocenters. The average molecular weight is 257 g/mol. The van der Waals surface area contributed by atoms with Crippen molar-refractivity contribution < 1.29 is 0 Å². The van der Waals surface area contributed by atoms with E-state index >= 15 is 0 Å². The van der Waals surface area contributed by atoms with Crippen molar-refractivity contribution in [1.29, 1.82) is 0 Å². The van der Waals surface area contributed by atoms with Crippen molar-refractivity contribution >= 4 is 22.8 Å². The minimum absolute atomic E-state index is 0.726. The molecule has 0 saturated heterocycles. The van der Waals surface area contributed by atoms with Crippen molar-refractivity contribution in [3.8, 4) is 10.6 Å². The molecule has 0 aliphatic rings. The molecule has 0 aromatic carbocycles. The molecule has 0 radical (unpaired) electrons. The minimum Gasteiger partial charge on any atom is -0.383 e. The molecule has 92 valence electrons. The van der Waals surface area contributed by atoms with E-state index in [1.165, 1.54) is 10.4 Å². The number of thiophene rings is 1. The van der Waals surface area contributed by atoms with E-state index in [0.29, 0.717) is 0 Å². The normalized spacial score (nSPS) is 11.3. The van der Waals surface area contributed by atoms with Gasteiger partial charge >= 0.3 is 0 Å². The van der Waals surface area contributed by atoms with E-state index in [2.05, 4.69) is 50.0 Å². The molecule has 4 heteroatoms. The van der Waals surface area contributed by atoms with Gasteiger partial charge in [0.15, 0.2) is 0 Å². The highest BCUT2D eigenvalue weighted by Gasteiger charge is 2.14. The van der Waals surface area contributed by atoms with Gasteiger partial charge in [-0.3, -0.25) is 4.40 Å². The highest BCUT2D eigenvalue weighted by molar-refractivity contribution is 7.15. The quantitative estimate of drug-likeness (QED) is 0.724. The maximum Gasteiger partial charge on any atom is 0.139 e. The second kappa shape index (κ2) is 3.85. The summed E-state index contributed by atoms with van der Waals surface area (Å²) < 4.78 is 2.01. The Bertz CT molecular complexity index is 737. The van der Waals surface area contributed by atoms with Crippen LogP contribution in [0.15, 0.2) is 24.3 Å². The van der Waals surface area contributed by atoms with Crippen molar-refractivity contribution in [1.82, 2.24) is 9.38 Å². The van der Waals surface area contributed by atoms with Gasteiger partial charge in [-0.15, -0.1) is 11.3 Å². The van der Waals surface area contributed by atoms with Crippen molar-refractivity contribution in [3.63, 3.8) is 0 Å². The zero-order valence-corrected chi connectivity index (χ0v) is 11.5. The Hall–Kier alpha value is -1.81. The van der Waals surface area contributed by atoms with Crippen LogP contribution in [-0.4, -0.2) is 9.38 Å². The van der Waals surface area contributed by atoms with Crippen molar-refractivity contribution in [2.24, 2.45) is 0 Å². The molecule has 3 aromatic rings. The van der Waals surface area contributed by atoms with E-state index in [4.69, 9.17) is 5.73 Å². The Kier molecular flexibility index (Phi) is 2.41. The first-order chi connectivity index (χ1) is 8.56. The fourth-order valence-electron chi connectivity index (χ4n) is 2.30. The van der Waals surface area contributed by atoms with Crippen LogP contribution in [0.1, 0.15) is 16.1 Å². The van der Waals surface area contributed by atoms with Crippen LogP contribution in [-0.2, 0) is 0 Å². The number of pyridine rings is 1. The van der Waals surface area contributed by atoms with Crippen LogP contribution in [0.2, 0.25) is 0 Å². The van der Waals surface area contributed by atoms with E-state index < -0.39 is 0 Å². The summed E-state index contributed by atoms with van der Waals surface area (Å²) in [6, 6.07) is 8.36. The topological polar surface area (TPSA) is 43.3 Å². The number of aryl methyl sites for hydroxylation is 3. The summed E-state index contributed by atoms with van der Waals surface area (Å²) in [6.45, 7) is 6.23. The van der Waals surface area contributed by atoms with E-state index in [1.54, 1.807) is 11.3 Å². The lowest BCUT2D eigenvalue weighted by molar-refractivity contribution is 1.09. The second-order valence-electron chi connectivity index (χ2n) is 4.62. The predicted octanol–water partition coefficient (Wildman–Crippen LogP) is 3.57. The summed E-state index contributed by atoms with van der Waals surface area (Å²) >= 11 is 1.72.